The molecular weight excluding hydrogens is 276 g/mol. The maximum atomic E-state index is 11.0. The van der Waals surface area contributed by atoms with E-state index in [1.54, 1.807) is 0 Å². The van der Waals surface area contributed by atoms with Gasteiger partial charge >= 0.3 is 11.7 Å². The lowest BCUT2D eigenvalue weighted by Gasteiger charge is -2.19. The zero-order valence-electron chi connectivity index (χ0n) is 11.8. The molecule has 8 nitrogen and oxygen atoms in total. The van der Waals surface area contributed by atoms with E-state index in [9.17, 15) is 14.9 Å². The van der Waals surface area contributed by atoms with Crippen LogP contribution in [-0.4, -0.2) is 51.6 Å². The van der Waals surface area contributed by atoms with Crippen molar-refractivity contribution in [2.24, 2.45) is 0 Å². The zero-order chi connectivity index (χ0) is 15.4. The van der Waals surface area contributed by atoms with Crippen molar-refractivity contribution in [3.8, 4) is 0 Å². The molecule has 0 aromatic carbocycles. The summed E-state index contributed by atoms with van der Waals surface area (Å²) < 4.78 is 0. The van der Waals surface area contributed by atoms with Gasteiger partial charge in [-0.15, -0.1) is 0 Å². The Balaban J connectivity index is 2.01. The first-order valence-corrected chi connectivity index (χ1v) is 6.88. The molecule has 1 aromatic heterocycles. The molecule has 0 bridgehead atoms. The van der Waals surface area contributed by atoms with Crippen LogP contribution in [0.1, 0.15) is 30.1 Å². The maximum absolute atomic E-state index is 11.0. The van der Waals surface area contributed by atoms with E-state index in [-0.39, 0.29) is 17.1 Å². The molecule has 0 saturated heterocycles. The van der Waals surface area contributed by atoms with Gasteiger partial charge in [0.05, 0.1) is 10.5 Å². The minimum absolute atomic E-state index is 0.108. The predicted molar refractivity (Wildman–Crippen MR) is 76.6 cm³/mol. The number of pyridine rings is 1. The van der Waals surface area contributed by atoms with Crippen LogP contribution in [0.25, 0.3) is 0 Å². The highest BCUT2D eigenvalue weighted by atomic mass is 16.6. The molecular formula is C13H18N4O4. The largest absolute Gasteiger partial charge is 0.478 e. The topological polar surface area (TPSA) is 109 Å². The summed E-state index contributed by atoms with van der Waals surface area (Å²) in [6.45, 7) is 4.34. The number of nitrogens with zero attached hydrogens (tertiary/aromatic N) is 3. The molecule has 0 aliphatic heterocycles. The van der Waals surface area contributed by atoms with Gasteiger partial charge in [0.25, 0.3) is 0 Å². The Labute approximate surface area is 121 Å². The molecule has 0 unspecified atom stereocenters. The number of likely N-dealkylation sites (N-methyl/N-ethyl adjacent to an activating group) is 1. The molecule has 114 valence electrons. The molecule has 0 atom stereocenters. The van der Waals surface area contributed by atoms with Crippen molar-refractivity contribution < 1.29 is 14.8 Å². The van der Waals surface area contributed by atoms with Crippen LogP contribution >= 0.6 is 0 Å². The van der Waals surface area contributed by atoms with Crippen LogP contribution in [0.3, 0.4) is 0 Å². The second-order valence-electron chi connectivity index (χ2n) is 4.94. The highest BCUT2D eigenvalue weighted by molar-refractivity contribution is 5.88. The number of carboxylic acids is 1. The number of hydrogen-bond donors (Lipinski definition) is 2. The van der Waals surface area contributed by atoms with Gasteiger partial charge in [-0.2, -0.15) is 0 Å². The number of anilines is 1. The Morgan fingerprint density at radius 3 is 2.86 bits per heavy atom. The van der Waals surface area contributed by atoms with Crippen molar-refractivity contribution in [3.63, 3.8) is 0 Å². The summed E-state index contributed by atoms with van der Waals surface area (Å²) in [7, 11) is 0. The third-order valence-electron chi connectivity index (χ3n) is 3.47. The Hall–Kier alpha value is -2.22. The molecule has 1 saturated carbocycles. The summed E-state index contributed by atoms with van der Waals surface area (Å²) in [4.78, 5) is 27.3. The first-order valence-electron chi connectivity index (χ1n) is 6.88. The monoisotopic (exact) mass is 294 g/mol. The third-order valence-corrected chi connectivity index (χ3v) is 3.47. The van der Waals surface area contributed by atoms with Gasteiger partial charge in [0, 0.05) is 31.4 Å². The van der Waals surface area contributed by atoms with Gasteiger partial charge in [-0.25, -0.2) is 9.78 Å². The number of nitrogens with one attached hydrogen (secondary N) is 1. The number of carboxylic acid groups (broad SMARTS) is 1. The SMILES string of the molecule is CCN(CCNc1ncc(C(=O)O)cc1[N+](=O)[O-])C1CC1. The smallest absolute Gasteiger partial charge is 0.337 e. The molecule has 8 heteroatoms. The molecule has 1 fully saturated rings. The number of aromatic nitrogens is 1. The molecule has 1 aliphatic carbocycles. The number of rotatable bonds is 8. The Bertz CT molecular complexity index is 545. The quantitative estimate of drug-likeness (QED) is 0.553. The standard InChI is InChI=1S/C13H18N4O4/c1-2-16(10-3-4-10)6-5-14-12-11(17(20)21)7-9(8-15-12)13(18)19/h7-8,10H,2-6H2,1H3,(H,14,15)(H,18,19). The second kappa shape index (κ2) is 6.49. The minimum atomic E-state index is -1.23. The van der Waals surface area contributed by atoms with Crippen LogP contribution in [-0.2, 0) is 0 Å². The van der Waals surface area contributed by atoms with Crippen LogP contribution in [0.2, 0.25) is 0 Å². The Kier molecular flexibility index (Phi) is 4.69. The van der Waals surface area contributed by atoms with E-state index in [0.29, 0.717) is 12.6 Å². The van der Waals surface area contributed by atoms with E-state index in [1.165, 1.54) is 12.8 Å². The van der Waals surface area contributed by atoms with Crippen molar-refractivity contribution in [1.82, 2.24) is 9.88 Å². The lowest BCUT2D eigenvalue weighted by atomic mass is 10.2. The number of nitro groups is 1. The van der Waals surface area contributed by atoms with Crippen molar-refractivity contribution >= 4 is 17.5 Å². The molecule has 0 radical (unpaired) electrons. The predicted octanol–water partition coefficient (Wildman–Crippen LogP) is 1.58. The van der Waals surface area contributed by atoms with Crippen molar-refractivity contribution in [3.05, 3.63) is 27.9 Å². The first-order chi connectivity index (χ1) is 10.0. The van der Waals surface area contributed by atoms with Gasteiger partial charge in [-0.3, -0.25) is 15.0 Å². The highest BCUT2D eigenvalue weighted by Gasteiger charge is 2.27. The van der Waals surface area contributed by atoms with Crippen molar-refractivity contribution in [2.75, 3.05) is 25.0 Å². The minimum Gasteiger partial charge on any atom is -0.478 e. The Morgan fingerprint density at radius 2 is 2.33 bits per heavy atom. The van der Waals surface area contributed by atoms with Gasteiger partial charge in [0.1, 0.15) is 0 Å². The van der Waals surface area contributed by atoms with Gasteiger partial charge in [-0.05, 0) is 19.4 Å². The van der Waals surface area contributed by atoms with Gasteiger partial charge in [0.15, 0.2) is 0 Å². The fourth-order valence-electron chi connectivity index (χ4n) is 2.20. The van der Waals surface area contributed by atoms with Crippen LogP contribution < -0.4 is 5.32 Å². The number of carbonyl (C=O) groups is 1. The Morgan fingerprint density at radius 1 is 1.62 bits per heavy atom. The van der Waals surface area contributed by atoms with Gasteiger partial charge in [0.2, 0.25) is 5.82 Å². The summed E-state index contributed by atoms with van der Waals surface area (Å²) in [5, 5.41) is 22.8. The lowest BCUT2D eigenvalue weighted by molar-refractivity contribution is -0.384. The van der Waals surface area contributed by atoms with E-state index < -0.39 is 10.9 Å². The molecule has 0 amide bonds. The summed E-state index contributed by atoms with van der Waals surface area (Å²) in [5.74, 6) is -1.13. The van der Waals surface area contributed by atoms with Crippen molar-refractivity contribution in [1.29, 1.82) is 0 Å². The molecule has 2 rings (SSSR count). The number of aromatic carboxylic acids is 1. The summed E-state index contributed by atoms with van der Waals surface area (Å²) in [6, 6.07) is 1.66. The van der Waals surface area contributed by atoms with Crippen LogP contribution in [0.5, 0.6) is 0 Å². The fourth-order valence-corrected chi connectivity index (χ4v) is 2.20. The van der Waals surface area contributed by atoms with Gasteiger partial charge in [-0.1, -0.05) is 6.92 Å². The van der Waals surface area contributed by atoms with E-state index in [0.717, 1.165) is 25.4 Å². The highest BCUT2D eigenvalue weighted by Crippen LogP contribution is 2.26. The van der Waals surface area contributed by atoms with Crippen LogP contribution in [0.4, 0.5) is 11.5 Å². The summed E-state index contributed by atoms with van der Waals surface area (Å²) in [6.07, 6.45) is 3.54. The summed E-state index contributed by atoms with van der Waals surface area (Å²) >= 11 is 0. The van der Waals surface area contributed by atoms with Crippen LogP contribution in [0, 0.1) is 10.1 Å². The molecule has 1 aromatic rings. The first kappa shape index (κ1) is 15.2. The van der Waals surface area contributed by atoms with E-state index in [4.69, 9.17) is 5.11 Å². The van der Waals surface area contributed by atoms with Crippen LogP contribution in [0.15, 0.2) is 12.3 Å². The van der Waals surface area contributed by atoms with E-state index >= 15 is 0 Å². The molecule has 21 heavy (non-hydrogen) atoms. The zero-order valence-corrected chi connectivity index (χ0v) is 11.8. The average molecular weight is 294 g/mol. The number of hydrogen-bond acceptors (Lipinski definition) is 6. The maximum Gasteiger partial charge on any atom is 0.337 e. The molecule has 1 aliphatic rings. The molecule has 2 N–H and O–H groups in total. The van der Waals surface area contributed by atoms with E-state index in [1.807, 2.05) is 0 Å². The fraction of sp³-hybridized carbons (Fsp3) is 0.538. The average Bonchev–Trinajstić information content (AvgIpc) is 3.28. The van der Waals surface area contributed by atoms with Gasteiger partial charge < -0.3 is 10.4 Å². The second-order valence-corrected chi connectivity index (χ2v) is 4.94. The lowest BCUT2D eigenvalue weighted by Crippen LogP contribution is -2.31. The van der Waals surface area contributed by atoms with E-state index in [2.05, 4.69) is 22.1 Å². The molecule has 1 heterocycles. The molecule has 0 spiro atoms. The normalized spacial score (nSPS) is 14.2. The van der Waals surface area contributed by atoms with Crippen molar-refractivity contribution in [2.45, 2.75) is 25.8 Å². The third kappa shape index (κ3) is 3.88. The summed E-state index contributed by atoms with van der Waals surface area (Å²) in [5.41, 5.74) is -0.509.